The van der Waals surface area contributed by atoms with E-state index in [1.165, 1.54) is 0 Å². The number of anilines is 2. The van der Waals surface area contributed by atoms with Crippen LogP contribution in [0, 0.1) is 0 Å². The largest absolute Gasteiger partial charge is 0.478 e. The highest BCUT2D eigenvalue weighted by Crippen LogP contribution is 2.33. The van der Waals surface area contributed by atoms with Crippen LogP contribution in [-0.2, 0) is 19.2 Å². The Morgan fingerprint density at radius 1 is 0.607 bits per heavy atom. The summed E-state index contributed by atoms with van der Waals surface area (Å²) >= 11 is 0. The van der Waals surface area contributed by atoms with Crippen molar-refractivity contribution in [3.05, 3.63) is 72.8 Å². The Balaban J connectivity index is 2.33. The Hall–Kier alpha value is -4.20. The Morgan fingerprint density at radius 2 is 0.964 bits per heavy atom. The lowest BCUT2D eigenvalue weighted by atomic mass is 10.0. The zero-order chi connectivity index (χ0) is 20.5. The number of hydrogen-bond acceptors (Lipinski definition) is 4. The van der Waals surface area contributed by atoms with E-state index in [9.17, 15) is 19.2 Å². The number of carboxylic acid groups (broad SMARTS) is 2. The first-order valence-electron chi connectivity index (χ1n) is 7.99. The van der Waals surface area contributed by atoms with E-state index < -0.39 is 23.8 Å². The first-order valence-corrected chi connectivity index (χ1v) is 7.99. The van der Waals surface area contributed by atoms with Gasteiger partial charge < -0.3 is 20.8 Å². The molecule has 0 spiro atoms. The highest BCUT2D eigenvalue weighted by atomic mass is 16.4. The lowest BCUT2D eigenvalue weighted by molar-refractivity contribution is -0.132. The van der Waals surface area contributed by atoms with Crippen molar-refractivity contribution in [2.75, 3.05) is 10.6 Å². The molecular formula is C20H16N2O6. The van der Waals surface area contributed by atoms with E-state index in [2.05, 4.69) is 10.6 Å². The van der Waals surface area contributed by atoms with Gasteiger partial charge in [-0.05, 0) is 12.1 Å². The van der Waals surface area contributed by atoms with Gasteiger partial charge in [-0.15, -0.1) is 0 Å². The van der Waals surface area contributed by atoms with Crippen molar-refractivity contribution in [3.63, 3.8) is 0 Å². The summed E-state index contributed by atoms with van der Waals surface area (Å²) in [5.74, 6) is -3.74. The SMILES string of the molecule is O=C(O)C=CC(=O)Nc1ccccc1-c1ccccc1NC(=O)C=CC(=O)O. The smallest absolute Gasteiger partial charge is 0.328 e. The van der Waals surface area contributed by atoms with Crippen LogP contribution in [0.3, 0.4) is 0 Å². The molecule has 2 amide bonds. The molecule has 2 aromatic carbocycles. The van der Waals surface area contributed by atoms with Crippen LogP contribution in [0.2, 0.25) is 0 Å². The van der Waals surface area contributed by atoms with Crippen molar-refractivity contribution in [1.82, 2.24) is 0 Å². The molecule has 0 aromatic heterocycles. The molecular weight excluding hydrogens is 364 g/mol. The zero-order valence-corrected chi connectivity index (χ0v) is 14.5. The Bertz CT molecular complexity index is 899. The molecule has 2 aromatic rings. The minimum absolute atomic E-state index is 0.408. The zero-order valence-electron chi connectivity index (χ0n) is 14.5. The maximum atomic E-state index is 11.9. The van der Waals surface area contributed by atoms with Gasteiger partial charge in [0.15, 0.2) is 0 Å². The lowest BCUT2D eigenvalue weighted by Gasteiger charge is -2.14. The van der Waals surface area contributed by atoms with E-state index in [4.69, 9.17) is 10.2 Å². The fourth-order valence-electron chi connectivity index (χ4n) is 2.30. The predicted octanol–water partition coefficient (Wildman–Crippen LogP) is 2.51. The van der Waals surface area contributed by atoms with E-state index in [1.54, 1.807) is 48.5 Å². The summed E-state index contributed by atoms with van der Waals surface area (Å²) in [6.07, 6.45) is 3.23. The maximum Gasteiger partial charge on any atom is 0.328 e. The molecule has 8 nitrogen and oxygen atoms in total. The number of benzene rings is 2. The van der Waals surface area contributed by atoms with Crippen molar-refractivity contribution in [2.24, 2.45) is 0 Å². The quantitative estimate of drug-likeness (QED) is 0.546. The molecule has 0 heterocycles. The third-order valence-corrected chi connectivity index (χ3v) is 3.41. The van der Waals surface area contributed by atoms with Crippen molar-refractivity contribution < 1.29 is 29.4 Å². The minimum atomic E-state index is -1.24. The van der Waals surface area contributed by atoms with Crippen LogP contribution >= 0.6 is 0 Å². The second-order valence-corrected chi connectivity index (χ2v) is 5.41. The molecule has 0 unspecified atom stereocenters. The molecule has 0 saturated carbocycles. The van der Waals surface area contributed by atoms with Gasteiger partial charge in [0.1, 0.15) is 0 Å². The minimum Gasteiger partial charge on any atom is -0.478 e. The van der Waals surface area contributed by atoms with Gasteiger partial charge in [0, 0.05) is 46.8 Å². The van der Waals surface area contributed by atoms with Crippen LogP contribution in [-0.4, -0.2) is 34.0 Å². The number of amides is 2. The first-order chi connectivity index (χ1) is 13.4. The van der Waals surface area contributed by atoms with E-state index in [0.717, 1.165) is 24.3 Å². The third kappa shape index (κ3) is 5.95. The molecule has 0 bridgehead atoms. The van der Waals surface area contributed by atoms with Crippen LogP contribution < -0.4 is 10.6 Å². The van der Waals surface area contributed by atoms with E-state index in [0.29, 0.717) is 22.5 Å². The Morgan fingerprint density at radius 3 is 1.32 bits per heavy atom. The summed E-state index contributed by atoms with van der Waals surface area (Å²) in [6.45, 7) is 0. The van der Waals surface area contributed by atoms with Gasteiger partial charge in [-0.3, -0.25) is 9.59 Å². The summed E-state index contributed by atoms with van der Waals surface area (Å²) in [4.78, 5) is 44.9. The van der Waals surface area contributed by atoms with Crippen LogP contribution in [0.4, 0.5) is 11.4 Å². The summed E-state index contributed by atoms with van der Waals surface area (Å²) in [6, 6.07) is 13.5. The topological polar surface area (TPSA) is 133 Å². The number of hydrogen-bond donors (Lipinski definition) is 4. The molecule has 8 heteroatoms. The van der Waals surface area contributed by atoms with Gasteiger partial charge in [-0.2, -0.15) is 0 Å². The first kappa shape index (κ1) is 20.1. The molecule has 2 rings (SSSR count). The van der Waals surface area contributed by atoms with Crippen LogP contribution in [0.5, 0.6) is 0 Å². The van der Waals surface area contributed by atoms with Gasteiger partial charge in [-0.25, -0.2) is 9.59 Å². The molecule has 0 aliphatic heterocycles. The molecule has 0 aliphatic rings. The number of carbonyl (C=O) groups is 4. The van der Waals surface area contributed by atoms with Crippen LogP contribution in [0.15, 0.2) is 72.8 Å². The van der Waals surface area contributed by atoms with E-state index >= 15 is 0 Å². The maximum absolute atomic E-state index is 11.9. The number of nitrogens with one attached hydrogen (secondary N) is 2. The molecule has 142 valence electrons. The second-order valence-electron chi connectivity index (χ2n) is 5.41. The average molecular weight is 380 g/mol. The van der Waals surface area contributed by atoms with Crippen LogP contribution in [0.25, 0.3) is 11.1 Å². The fraction of sp³-hybridized carbons (Fsp3) is 0. The van der Waals surface area contributed by atoms with E-state index in [1.807, 2.05) is 0 Å². The molecule has 0 radical (unpaired) electrons. The molecule has 0 atom stereocenters. The van der Waals surface area contributed by atoms with Crippen molar-refractivity contribution >= 4 is 35.1 Å². The summed E-state index contributed by atoms with van der Waals surface area (Å²) in [7, 11) is 0. The highest BCUT2D eigenvalue weighted by molar-refractivity contribution is 6.07. The van der Waals surface area contributed by atoms with Crippen molar-refractivity contribution in [1.29, 1.82) is 0 Å². The third-order valence-electron chi connectivity index (χ3n) is 3.41. The molecule has 0 aliphatic carbocycles. The van der Waals surface area contributed by atoms with Crippen LogP contribution in [0.1, 0.15) is 0 Å². The van der Waals surface area contributed by atoms with Crippen molar-refractivity contribution in [2.45, 2.75) is 0 Å². The monoisotopic (exact) mass is 380 g/mol. The van der Waals surface area contributed by atoms with Gasteiger partial charge in [-0.1, -0.05) is 36.4 Å². The molecule has 0 fully saturated rings. The average Bonchev–Trinajstić information content (AvgIpc) is 2.66. The van der Waals surface area contributed by atoms with Gasteiger partial charge in [0.2, 0.25) is 11.8 Å². The summed E-state index contributed by atoms with van der Waals surface area (Å²) < 4.78 is 0. The number of rotatable bonds is 7. The Kier molecular flexibility index (Phi) is 6.81. The lowest BCUT2D eigenvalue weighted by Crippen LogP contribution is -2.11. The summed E-state index contributed by atoms with van der Waals surface area (Å²) in [5, 5.41) is 22.4. The van der Waals surface area contributed by atoms with Gasteiger partial charge in [0.05, 0.1) is 0 Å². The van der Waals surface area contributed by atoms with Crippen molar-refractivity contribution in [3.8, 4) is 11.1 Å². The molecule has 28 heavy (non-hydrogen) atoms. The standard InChI is InChI=1S/C20H16N2O6/c23-17(9-11-19(25)26)21-15-7-3-1-5-13(15)14-6-2-4-8-16(14)22-18(24)10-12-20(27)28/h1-12H,(H,21,23)(H,22,24)(H,25,26)(H,27,28). The summed E-state index contributed by atoms with van der Waals surface area (Å²) in [5.41, 5.74) is 1.98. The fourth-order valence-corrected chi connectivity index (χ4v) is 2.30. The number of aliphatic carboxylic acids is 2. The Labute approximate surface area is 159 Å². The number of carboxylic acids is 2. The van der Waals surface area contributed by atoms with Gasteiger partial charge in [0.25, 0.3) is 0 Å². The second kappa shape index (κ2) is 9.48. The highest BCUT2D eigenvalue weighted by Gasteiger charge is 2.12. The van der Waals surface area contributed by atoms with Gasteiger partial charge >= 0.3 is 11.9 Å². The molecule has 0 saturated heterocycles. The van der Waals surface area contributed by atoms with E-state index in [-0.39, 0.29) is 0 Å². The normalized spacial score (nSPS) is 10.7. The molecule has 4 N–H and O–H groups in total. The number of carbonyl (C=O) groups excluding carboxylic acids is 2. The predicted molar refractivity (Wildman–Crippen MR) is 103 cm³/mol. The number of para-hydroxylation sites is 2.